The van der Waals surface area contributed by atoms with Crippen LogP contribution in [0.15, 0.2) is 59.6 Å². The molecule has 1 aliphatic rings. The molecule has 1 aliphatic heterocycles. The standard InChI is InChI=1S/C19H24N4/c1-22(2)17-11-7-8-15(12-17)14-23(3)19-20-13-18(21-19)16-9-5-4-6-10-16/h4-12,18H,13-14H2,1-3H3,(H,20,21). The first-order valence-electron chi connectivity index (χ1n) is 7.97. The first kappa shape index (κ1) is 15.4. The van der Waals surface area contributed by atoms with Gasteiger partial charge in [-0.2, -0.15) is 0 Å². The zero-order valence-corrected chi connectivity index (χ0v) is 14.0. The number of hydrogen-bond acceptors (Lipinski definition) is 4. The summed E-state index contributed by atoms with van der Waals surface area (Å²) in [6.07, 6.45) is 0. The molecule has 2 aromatic rings. The van der Waals surface area contributed by atoms with Crippen LogP contribution in [0.4, 0.5) is 5.69 Å². The van der Waals surface area contributed by atoms with Crippen LogP contribution in [0.2, 0.25) is 0 Å². The molecule has 3 rings (SSSR count). The van der Waals surface area contributed by atoms with Crippen molar-refractivity contribution < 1.29 is 0 Å². The first-order chi connectivity index (χ1) is 11.1. The molecule has 2 aromatic carbocycles. The van der Waals surface area contributed by atoms with Crippen molar-refractivity contribution >= 4 is 11.6 Å². The van der Waals surface area contributed by atoms with Gasteiger partial charge in [-0.05, 0) is 23.3 Å². The Kier molecular flexibility index (Phi) is 4.51. The normalized spacial score (nSPS) is 16.7. The van der Waals surface area contributed by atoms with Gasteiger partial charge < -0.3 is 15.1 Å². The fourth-order valence-electron chi connectivity index (χ4n) is 2.81. The number of nitrogens with one attached hydrogen (secondary N) is 1. The quantitative estimate of drug-likeness (QED) is 0.942. The molecule has 0 saturated heterocycles. The number of rotatable bonds is 4. The summed E-state index contributed by atoms with van der Waals surface area (Å²) in [6.45, 7) is 1.64. The van der Waals surface area contributed by atoms with E-state index in [2.05, 4.69) is 89.8 Å². The molecule has 0 radical (unpaired) electrons. The number of guanidine groups is 1. The maximum Gasteiger partial charge on any atom is 0.194 e. The Morgan fingerprint density at radius 2 is 1.83 bits per heavy atom. The zero-order chi connectivity index (χ0) is 16.2. The van der Waals surface area contributed by atoms with E-state index in [1.54, 1.807) is 0 Å². The number of anilines is 1. The van der Waals surface area contributed by atoms with Crippen LogP contribution in [0.3, 0.4) is 0 Å². The molecule has 0 amide bonds. The van der Waals surface area contributed by atoms with E-state index in [0.29, 0.717) is 0 Å². The smallest absolute Gasteiger partial charge is 0.194 e. The van der Waals surface area contributed by atoms with Crippen molar-refractivity contribution in [2.24, 2.45) is 4.99 Å². The van der Waals surface area contributed by atoms with Gasteiger partial charge in [-0.1, -0.05) is 42.5 Å². The molecule has 0 aromatic heterocycles. The summed E-state index contributed by atoms with van der Waals surface area (Å²) < 4.78 is 0. The van der Waals surface area contributed by atoms with E-state index in [0.717, 1.165) is 19.0 Å². The zero-order valence-electron chi connectivity index (χ0n) is 14.0. The Bertz CT molecular complexity index is 679. The van der Waals surface area contributed by atoms with E-state index in [4.69, 9.17) is 0 Å². The van der Waals surface area contributed by atoms with E-state index in [1.807, 2.05) is 6.07 Å². The maximum absolute atomic E-state index is 4.67. The molecule has 4 nitrogen and oxygen atoms in total. The number of aliphatic imine (C=N–C) groups is 1. The minimum Gasteiger partial charge on any atom is -0.378 e. The summed E-state index contributed by atoms with van der Waals surface area (Å²) in [6, 6.07) is 19.4. The molecule has 0 saturated carbocycles. The lowest BCUT2D eigenvalue weighted by Gasteiger charge is -2.22. The van der Waals surface area contributed by atoms with Gasteiger partial charge in [0.2, 0.25) is 0 Å². The molecular formula is C19H24N4. The van der Waals surface area contributed by atoms with Crippen molar-refractivity contribution in [3.63, 3.8) is 0 Å². The fraction of sp³-hybridized carbons (Fsp3) is 0.316. The Morgan fingerprint density at radius 1 is 1.04 bits per heavy atom. The molecule has 120 valence electrons. The Labute approximate surface area is 138 Å². The lowest BCUT2D eigenvalue weighted by molar-refractivity contribution is 0.480. The Morgan fingerprint density at radius 3 is 2.57 bits per heavy atom. The highest BCUT2D eigenvalue weighted by Gasteiger charge is 2.21. The van der Waals surface area contributed by atoms with Crippen LogP contribution in [0.25, 0.3) is 0 Å². The van der Waals surface area contributed by atoms with Crippen molar-refractivity contribution in [2.45, 2.75) is 12.6 Å². The molecule has 23 heavy (non-hydrogen) atoms. The van der Waals surface area contributed by atoms with Gasteiger partial charge in [0, 0.05) is 33.4 Å². The van der Waals surface area contributed by atoms with Gasteiger partial charge in [0.25, 0.3) is 0 Å². The molecule has 1 N–H and O–H groups in total. The molecule has 1 heterocycles. The number of hydrogen-bond donors (Lipinski definition) is 1. The van der Waals surface area contributed by atoms with Crippen molar-refractivity contribution in [1.82, 2.24) is 10.2 Å². The van der Waals surface area contributed by atoms with Gasteiger partial charge in [-0.3, -0.25) is 4.99 Å². The predicted octanol–water partition coefficient (Wildman–Crippen LogP) is 2.88. The molecule has 4 heteroatoms. The third-order valence-electron chi connectivity index (χ3n) is 4.14. The topological polar surface area (TPSA) is 30.9 Å². The summed E-state index contributed by atoms with van der Waals surface area (Å²) in [5.41, 5.74) is 3.79. The highest BCUT2D eigenvalue weighted by molar-refractivity contribution is 5.82. The average Bonchev–Trinajstić information content (AvgIpc) is 3.06. The van der Waals surface area contributed by atoms with Gasteiger partial charge in [-0.15, -0.1) is 0 Å². The molecular weight excluding hydrogens is 284 g/mol. The van der Waals surface area contributed by atoms with Crippen molar-refractivity contribution in [1.29, 1.82) is 0 Å². The minimum absolute atomic E-state index is 0.279. The maximum atomic E-state index is 4.67. The first-order valence-corrected chi connectivity index (χ1v) is 7.97. The third kappa shape index (κ3) is 3.65. The van der Waals surface area contributed by atoms with Gasteiger partial charge in [0.15, 0.2) is 5.96 Å². The molecule has 0 spiro atoms. The van der Waals surface area contributed by atoms with Crippen molar-refractivity contribution in [3.8, 4) is 0 Å². The second-order valence-electron chi connectivity index (χ2n) is 6.19. The van der Waals surface area contributed by atoms with Crippen LogP contribution >= 0.6 is 0 Å². The van der Waals surface area contributed by atoms with Gasteiger partial charge >= 0.3 is 0 Å². The summed E-state index contributed by atoms with van der Waals surface area (Å²) in [5.74, 6) is 0.967. The summed E-state index contributed by atoms with van der Waals surface area (Å²) in [7, 11) is 6.22. The Balaban J connectivity index is 1.63. The lowest BCUT2D eigenvalue weighted by Crippen LogP contribution is -2.36. The van der Waals surface area contributed by atoms with Crippen LogP contribution in [0, 0.1) is 0 Å². The SMILES string of the molecule is CN(Cc1cccc(N(C)C)c1)C1=NCC(c2ccccc2)N1. The van der Waals surface area contributed by atoms with E-state index >= 15 is 0 Å². The molecule has 1 unspecified atom stereocenters. The second kappa shape index (κ2) is 6.73. The van der Waals surface area contributed by atoms with Gasteiger partial charge in [0.1, 0.15) is 0 Å². The predicted molar refractivity (Wildman–Crippen MR) is 96.9 cm³/mol. The summed E-state index contributed by atoms with van der Waals surface area (Å²) in [5, 5.41) is 3.53. The van der Waals surface area contributed by atoms with Crippen LogP contribution in [-0.2, 0) is 6.54 Å². The van der Waals surface area contributed by atoms with Gasteiger partial charge in [-0.25, -0.2) is 0 Å². The van der Waals surface area contributed by atoms with E-state index < -0.39 is 0 Å². The highest BCUT2D eigenvalue weighted by Crippen LogP contribution is 2.19. The molecule has 0 bridgehead atoms. The minimum atomic E-state index is 0.279. The molecule has 0 fully saturated rings. The van der Waals surface area contributed by atoms with Crippen LogP contribution in [0.1, 0.15) is 17.2 Å². The monoisotopic (exact) mass is 308 g/mol. The van der Waals surface area contributed by atoms with Gasteiger partial charge in [0.05, 0.1) is 12.6 Å². The van der Waals surface area contributed by atoms with E-state index in [9.17, 15) is 0 Å². The van der Waals surface area contributed by atoms with Crippen LogP contribution in [-0.4, -0.2) is 38.5 Å². The molecule has 0 aliphatic carbocycles. The Hall–Kier alpha value is -2.49. The molecule has 1 atom stereocenters. The lowest BCUT2D eigenvalue weighted by atomic mass is 10.1. The number of benzene rings is 2. The number of nitrogens with zero attached hydrogens (tertiary/aromatic N) is 3. The largest absolute Gasteiger partial charge is 0.378 e. The third-order valence-corrected chi connectivity index (χ3v) is 4.14. The van der Waals surface area contributed by atoms with E-state index in [-0.39, 0.29) is 6.04 Å². The highest BCUT2D eigenvalue weighted by atomic mass is 15.3. The fourth-order valence-corrected chi connectivity index (χ4v) is 2.81. The van der Waals surface area contributed by atoms with E-state index in [1.165, 1.54) is 16.8 Å². The van der Waals surface area contributed by atoms with Crippen molar-refractivity contribution in [3.05, 3.63) is 65.7 Å². The summed E-state index contributed by atoms with van der Waals surface area (Å²) >= 11 is 0. The van der Waals surface area contributed by atoms with Crippen LogP contribution < -0.4 is 10.2 Å². The second-order valence-corrected chi connectivity index (χ2v) is 6.19. The van der Waals surface area contributed by atoms with Crippen LogP contribution in [0.5, 0.6) is 0 Å². The van der Waals surface area contributed by atoms with Crippen molar-refractivity contribution in [2.75, 3.05) is 32.6 Å². The average molecular weight is 308 g/mol. The summed E-state index contributed by atoms with van der Waals surface area (Å²) in [4.78, 5) is 8.97.